The summed E-state index contributed by atoms with van der Waals surface area (Å²) in [5.41, 5.74) is -0.235. The van der Waals surface area contributed by atoms with Crippen molar-refractivity contribution in [2.24, 2.45) is 0 Å². The molecule has 3 rings (SSSR count). The van der Waals surface area contributed by atoms with Crippen LogP contribution in [-0.4, -0.2) is 50.0 Å². The molecular formula is C19H26F3NO2. The van der Waals surface area contributed by atoms with E-state index in [0.717, 1.165) is 51.6 Å². The fourth-order valence-corrected chi connectivity index (χ4v) is 3.93. The number of nitrogens with zero attached hydrogens (tertiary/aromatic N) is 1. The first-order valence-corrected chi connectivity index (χ1v) is 9.14. The summed E-state index contributed by atoms with van der Waals surface area (Å²) in [6, 6.07) is 6.15. The highest BCUT2D eigenvalue weighted by Gasteiger charge is 2.34. The summed E-state index contributed by atoms with van der Waals surface area (Å²) in [6.07, 6.45) is 0.514. The molecule has 1 aromatic rings. The minimum Gasteiger partial charge on any atom is -0.379 e. The van der Waals surface area contributed by atoms with Gasteiger partial charge in [0.2, 0.25) is 0 Å². The van der Waals surface area contributed by atoms with Gasteiger partial charge in [0, 0.05) is 19.1 Å². The lowest BCUT2D eigenvalue weighted by molar-refractivity contribution is -0.138. The van der Waals surface area contributed by atoms with Gasteiger partial charge in [0.15, 0.2) is 0 Å². The molecule has 1 aliphatic carbocycles. The molecule has 25 heavy (non-hydrogen) atoms. The van der Waals surface area contributed by atoms with Crippen molar-refractivity contribution >= 4 is 0 Å². The average Bonchev–Trinajstić information content (AvgIpc) is 2.62. The van der Waals surface area contributed by atoms with E-state index in [0.29, 0.717) is 24.6 Å². The number of morpholine rings is 1. The third-order valence-electron chi connectivity index (χ3n) is 5.21. The Kier molecular flexibility index (Phi) is 6.36. The minimum absolute atomic E-state index is 0.116. The molecule has 2 atom stereocenters. The zero-order valence-corrected chi connectivity index (χ0v) is 14.4. The lowest BCUT2D eigenvalue weighted by atomic mass is 9.91. The molecule has 2 aliphatic rings. The third-order valence-corrected chi connectivity index (χ3v) is 5.21. The lowest BCUT2D eigenvalue weighted by Crippen LogP contribution is -2.51. The summed E-state index contributed by atoms with van der Waals surface area (Å²) in [7, 11) is 0. The number of halogens is 3. The monoisotopic (exact) mass is 357 g/mol. The van der Waals surface area contributed by atoms with Crippen LogP contribution in [0.15, 0.2) is 24.3 Å². The minimum atomic E-state index is -4.31. The van der Waals surface area contributed by atoms with Crippen molar-refractivity contribution in [3.05, 3.63) is 35.4 Å². The normalized spacial score (nSPS) is 25.9. The quantitative estimate of drug-likeness (QED) is 0.798. The standard InChI is InChI=1S/C19H26F3NO2/c20-19(21,22)16-6-2-1-5-15(16)9-12-25-18-8-4-3-7-17(18)23-10-13-24-14-11-23/h1-2,5-6,17-18H,3-4,7-14H2/t17-,18?/m1/s1. The van der Waals surface area contributed by atoms with Crippen molar-refractivity contribution in [2.45, 2.75) is 50.4 Å². The largest absolute Gasteiger partial charge is 0.416 e. The predicted octanol–water partition coefficient (Wildman–Crippen LogP) is 3.91. The lowest BCUT2D eigenvalue weighted by Gasteiger charge is -2.41. The second-order valence-electron chi connectivity index (χ2n) is 6.81. The molecule has 1 aromatic carbocycles. The Morgan fingerprint density at radius 3 is 2.56 bits per heavy atom. The van der Waals surface area contributed by atoms with Gasteiger partial charge in [-0.1, -0.05) is 31.0 Å². The maximum Gasteiger partial charge on any atom is 0.416 e. The molecule has 1 saturated heterocycles. The zero-order valence-electron chi connectivity index (χ0n) is 14.4. The Labute approximate surface area is 147 Å². The van der Waals surface area contributed by atoms with Crippen LogP contribution in [0.1, 0.15) is 36.8 Å². The molecule has 0 bridgehead atoms. The van der Waals surface area contributed by atoms with Crippen LogP contribution in [0.4, 0.5) is 13.2 Å². The van der Waals surface area contributed by atoms with Gasteiger partial charge in [-0.2, -0.15) is 13.2 Å². The maximum atomic E-state index is 13.1. The second kappa shape index (κ2) is 8.52. The van der Waals surface area contributed by atoms with E-state index in [9.17, 15) is 13.2 Å². The van der Waals surface area contributed by atoms with E-state index in [2.05, 4.69) is 4.90 Å². The number of benzene rings is 1. The van der Waals surface area contributed by atoms with Crippen LogP contribution in [0.2, 0.25) is 0 Å². The zero-order chi connectivity index (χ0) is 17.7. The summed E-state index contributed by atoms with van der Waals surface area (Å²) in [5.74, 6) is 0. The summed E-state index contributed by atoms with van der Waals surface area (Å²) in [5, 5.41) is 0. The van der Waals surface area contributed by atoms with E-state index in [4.69, 9.17) is 9.47 Å². The van der Waals surface area contributed by atoms with Gasteiger partial charge in [-0.25, -0.2) is 0 Å². The van der Waals surface area contributed by atoms with Crippen molar-refractivity contribution in [2.75, 3.05) is 32.9 Å². The van der Waals surface area contributed by atoms with E-state index in [1.54, 1.807) is 12.1 Å². The van der Waals surface area contributed by atoms with E-state index in [1.165, 1.54) is 12.5 Å². The van der Waals surface area contributed by atoms with E-state index >= 15 is 0 Å². The molecule has 1 saturated carbocycles. The van der Waals surface area contributed by atoms with Crippen molar-refractivity contribution in [1.82, 2.24) is 4.90 Å². The highest BCUT2D eigenvalue weighted by molar-refractivity contribution is 5.29. The van der Waals surface area contributed by atoms with Crippen molar-refractivity contribution in [3.63, 3.8) is 0 Å². The van der Waals surface area contributed by atoms with Crippen LogP contribution in [0, 0.1) is 0 Å². The van der Waals surface area contributed by atoms with E-state index in [1.807, 2.05) is 0 Å². The maximum absolute atomic E-state index is 13.1. The Hall–Kier alpha value is -1.11. The van der Waals surface area contributed by atoms with Crippen LogP contribution in [-0.2, 0) is 22.1 Å². The summed E-state index contributed by atoms with van der Waals surface area (Å²) < 4.78 is 50.7. The number of hydrogen-bond acceptors (Lipinski definition) is 3. The molecule has 1 unspecified atom stereocenters. The van der Waals surface area contributed by atoms with Crippen molar-refractivity contribution in [1.29, 1.82) is 0 Å². The molecule has 2 fully saturated rings. The summed E-state index contributed by atoms with van der Waals surface area (Å²) in [4.78, 5) is 2.43. The molecule has 0 radical (unpaired) electrons. The first-order chi connectivity index (χ1) is 12.1. The predicted molar refractivity (Wildman–Crippen MR) is 89.5 cm³/mol. The highest BCUT2D eigenvalue weighted by Crippen LogP contribution is 2.32. The molecule has 0 spiro atoms. The molecular weight excluding hydrogens is 331 g/mol. The molecule has 140 valence electrons. The second-order valence-corrected chi connectivity index (χ2v) is 6.81. The van der Waals surface area contributed by atoms with Crippen LogP contribution < -0.4 is 0 Å². The van der Waals surface area contributed by atoms with Gasteiger partial charge in [0.1, 0.15) is 0 Å². The Balaban J connectivity index is 1.57. The molecule has 1 aliphatic heterocycles. The smallest absolute Gasteiger partial charge is 0.379 e. The SMILES string of the molecule is FC(F)(F)c1ccccc1CCOC1CCCC[C@H]1N1CCOCC1. The van der Waals surface area contributed by atoms with Crippen LogP contribution in [0.25, 0.3) is 0 Å². The Morgan fingerprint density at radius 1 is 1.08 bits per heavy atom. The van der Waals surface area contributed by atoms with Crippen molar-refractivity contribution < 1.29 is 22.6 Å². The molecule has 1 heterocycles. The Morgan fingerprint density at radius 2 is 1.80 bits per heavy atom. The van der Waals surface area contributed by atoms with Crippen molar-refractivity contribution in [3.8, 4) is 0 Å². The average molecular weight is 357 g/mol. The van der Waals surface area contributed by atoms with Gasteiger partial charge >= 0.3 is 6.18 Å². The topological polar surface area (TPSA) is 21.7 Å². The van der Waals surface area contributed by atoms with Gasteiger partial charge in [-0.3, -0.25) is 4.90 Å². The van der Waals surface area contributed by atoms with Crippen LogP contribution in [0.3, 0.4) is 0 Å². The van der Waals surface area contributed by atoms with Gasteiger partial charge in [0.05, 0.1) is 31.5 Å². The first-order valence-electron chi connectivity index (χ1n) is 9.14. The molecule has 0 amide bonds. The summed E-state index contributed by atoms with van der Waals surface area (Å²) >= 11 is 0. The fraction of sp³-hybridized carbons (Fsp3) is 0.684. The van der Waals surface area contributed by atoms with Gasteiger partial charge in [0.25, 0.3) is 0 Å². The van der Waals surface area contributed by atoms with E-state index < -0.39 is 11.7 Å². The van der Waals surface area contributed by atoms with Gasteiger partial charge in [-0.15, -0.1) is 0 Å². The van der Waals surface area contributed by atoms with Gasteiger partial charge < -0.3 is 9.47 Å². The third kappa shape index (κ3) is 4.96. The molecule has 0 aromatic heterocycles. The highest BCUT2D eigenvalue weighted by atomic mass is 19.4. The number of hydrogen-bond donors (Lipinski definition) is 0. The van der Waals surface area contributed by atoms with Gasteiger partial charge in [-0.05, 0) is 30.9 Å². The van der Waals surface area contributed by atoms with Crippen LogP contribution in [0.5, 0.6) is 0 Å². The molecule has 6 heteroatoms. The molecule has 3 nitrogen and oxygen atoms in total. The van der Waals surface area contributed by atoms with E-state index in [-0.39, 0.29) is 6.10 Å². The Bertz CT molecular complexity index is 544. The first kappa shape index (κ1) is 18.7. The van der Waals surface area contributed by atoms with Crippen LogP contribution >= 0.6 is 0 Å². The number of rotatable bonds is 5. The summed E-state index contributed by atoms with van der Waals surface area (Å²) in [6.45, 7) is 3.67. The molecule has 0 N–H and O–H groups in total. The number of alkyl halides is 3. The fourth-order valence-electron chi connectivity index (χ4n) is 3.93. The number of ether oxygens (including phenoxy) is 2.